The first kappa shape index (κ1) is 54.6. The Labute approximate surface area is 464 Å². The van der Waals surface area contributed by atoms with Gasteiger partial charge in [0, 0.05) is 97.7 Å². The van der Waals surface area contributed by atoms with Gasteiger partial charge in [0.15, 0.2) is 17.3 Å². The molecule has 0 saturated carbocycles. The number of Topliss-reactive ketones (excluding diaryl/α,β-unsaturated/α-hetero) is 2. The Morgan fingerprint density at radius 3 is 2.08 bits per heavy atom. The van der Waals surface area contributed by atoms with Crippen molar-refractivity contribution in [1.82, 2.24) is 10.2 Å². The number of carbonyl (C=O) groups excluding carboxylic acids is 8. The van der Waals surface area contributed by atoms with Gasteiger partial charge in [-0.15, -0.1) is 0 Å². The molecule has 5 aromatic rings. The van der Waals surface area contributed by atoms with Gasteiger partial charge in [-0.1, -0.05) is 43.3 Å². The molecule has 0 aromatic heterocycles. The van der Waals surface area contributed by atoms with Crippen molar-refractivity contribution in [3.63, 3.8) is 0 Å². The van der Waals surface area contributed by atoms with Crippen molar-refractivity contribution < 1.29 is 52.6 Å². The average molecular weight is 1080 g/mol. The fraction of sp³-hybridized carbons (Fsp3) is 0.349. The molecule has 0 unspecified atom stereocenters. The third-order valence-corrected chi connectivity index (χ3v) is 15.6. The van der Waals surface area contributed by atoms with Gasteiger partial charge >= 0.3 is 0 Å². The predicted molar refractivity (Wildman–Crippen MR) is 301 cm³/mol. The number of hydrogen-bond donors (Lipinski definition) is 2. The Kier molecular flexibility index (Phi) is 16.2. The number of imide groups is 1. The molecule has 5 aromatic carbocycles. The number of rotatable bonds is 22. The van der Waals surface area contributed by atoms with Crippen molar-refractivity contribution in [1.29, 1.82) is 0 Å². The van der Waals surface area contributed by atoms with E-state index in [1.54, 1.807) is 43.0 Å². The molecule has 0 bridgehead atoms. The zero-order valence-corrected chi connectivity index (χ0v) is 45.4. The first-order valence-electron chi connectivity index (χ1n) is 27.4. The Hall–Kier alpha value is -8.73. The summed E-state index contributed by atoms with van der Waals surface area (Å²) < 4.78 is 18.8. The summed E-state index contributed by atoms with van der Waals surface area (Å²) in [6.07, 6.45) is 8.85. The quantitative estimate of drug-likeness (QED) is 0.0494. The van der Waals surface area contributed by atoms with Crippen molar-refractivity contribution in [2.75, 3.05) is 28.8 Å². The van der Waals surface area contributed by atoms with Crippen LogP contribution >= 0.6 is 0 Å². The number of unbranched alkanes of at least 4 members (excludes halogenated alkanes) is 1. The Bertz CT molecular complexity index is 3380. The lowest BCUT2D eigenvalue weighted by Gasteiger charge is -2.23. The summed E-state index contributed by atoms with van der Waals surface area (Å²) in [7, 11) is 1.54. The molecule has 6 amide bonds. The highest BCUT2D eigenvalue weighted by atomic mass is 16.5. The highest BCUT2D eigenvalue weighted by Crippen LogP contribution is 2.42. The van der Waals surface area contributed by atoms with E-state index in [-0.39, 0.29) is 98.6 Å². The number of anilines is 3. The van der Waals surface area contributed by atoms with Crippen molar-refractivity contribution in [3.8, 4) is 17.2 Å². The van der Waals surface area contributed by atoms with E-state index in [4.69, 9.17) is 19.2 Å². The molecule has 412 valence electrons. The van der Waals surface area contributed by atoms with E-state index in [0.717, 1.165) is 51.4 Å². The van der Waals surface area contributed by atoms with Gasteiger partial charge in [-0.05, 0) is 134 Å². The summed E-state index contributed by atoms with van der Waals surface area (Å²) in [5.74, 6) is -1.50. The van der Waals surface area contributed by atoms with E-state index < -0.39 is 17.9 Å². The number of nitrogens with one attached hydrogen (secondary N) is 2. The first-order valence-corrected chi connectivity index (χ1v) is 27.4. The second-order valence-electron chi connectivity index (χ2n) is 21.3. The fourth-order valence-corrected chi connectivity index (χ4v) is 11.3. The smallest absolute Gasteiger partial charge is 0.261 e. The van der Waals surface area contributed by atoms with Crippen LogP contribution in [0, 0.1) is 12.8 Å². The molecule has 5 aliphatic rings. The van der Waals surface area contributed by atoms with Gasteiger partial charge in [0.2, 0.25) is 11.8 Å². The number of benzene rings is 5. The standard InChI is InChI=1S/C63H64N6O11/c1-37-24-50-51(64-34-47-30-44-13-6-9-17-53(44)69(47)63(50)77)33-55(37)79-35-40-26-41(36-80-57-31-42-19-20-46-29-43-12-5-8-16-52(43)68(46)62(76)49(42)32-56(57)78-4)28-45(27-40)66-61(75)38(2)25-54(71)39(3)65-58(72)18-10-7-14-48(70)15-11-23-67-59(73)21-22-60(67)74/h5-6,8-9,12-13,16-17,21-22,24,26-28,31-34,38-39,46-47H,7,10-11,14-15,18-20,23,25,29-30,35-36H2,1-4H3,(H,65,72)(H,66,75)/t38-,39+,46-,47+/m1/s1. The lowest BCUT2D eigenvalue weighted by Crippen LogP contribution is -2.39. The Morgan fingerprint density at radius 2 is 1.35 bits per heavy atom. The number of nitrogens with zero attached hydrogens (tertiary/aromatic N) is 4. The number of ether oxygens (including phenoxy) is 3. The third kappa shape index (κ3) is 11.8. The van der Waals surface area contributed by atoms with Gasteiger partial charge in [-0.25, -0.2) is 0 Å². The summed E-state index contributed by atoms with van der Waals surface area (Å²) in [6.45, 7) is 5.38. The van der Waals surface area contributed by atoms with Gasteiger partial charge in [-0.3, -0.25) is 53.1 Å². The van der Waals surface area contributed by atoms with Crippen LogP contribution in [-0.4, -0.2) is 89.9 Å². The van der Waals surface area contributed by atoms with Crippen molar-refractivity contribution in [2.45, 2.75) is 123 Å². The maximum atomic E-state index is 14.2. The monoisotopic (exact) mass is 1080 g/mol. The van der Waals surface area contributed by atoms with E-state index >= 15 is 0 Å². The van der Waals surface area contributed by atoms with Crippen LogP contribution in [-0.2, 0) is 61.2 Å². The molecule has 17 nitrogen and oxygen atoms in total. The Balaban J connectivity index is 0.795. The van der Waals surface area contributed by atoms with Gasteiger partial charge < -0.3 is 29.7 Å². The third-order valence-electron chi connectivity index (χ3n) is 15.6. The Morgan fingerprint density at radius 1 is 0.700 bits per heavy atom. The lowest BCUT2D eigenvalue weighted by atomic mass is 9.99. The molecule has 0 saturated heterocycles. The number of ketones is 2. The largest absolute Gasteiger partial charge is 0.493 e. The van der Waals surface area contributed by atoms with Crippen LogP contribution in [0.4, 0.5) is 22.7 Å². The number of methoxy groups -OCH3 is 1. The van der Waals surface area contributed by atoms with E-state index in [1.807, 2.05) is 78.7 Å². The lowest BCUT2D eigenvalue weighted by molar-refractivity contribution is -0.137. The molecule has 0 aliphatic carbocycles. The summed E-state index contributed by atoms with van der Waals surface area (Å²) in [5, 5.41) is 5.71. The second-order valence-corrected chi connectivity index (χ2v) is 21.3. The number of aliphatic imine (C=N–C) groups is 1. The number of carbonyl (C=O) groups is 8. The summed E-state index contributed by atoms with van der Waals surface area (Å²) >= 11 is 0. The fourth-order valence-electron chi connectivity index (χ4n) is 11.3. The molecule has 17 heteroatoms. The number of amides is 6. The van der Waals surface area contributed by atoms with Crippen molar-refractivity contribution in [2.24, 2.45) is 10.9 Å². The van der Waals surface area contributed by atoms with Crippen LogP contribution in [0.25, 0.3) is 0 Å². The van der Waals surface area contributed by atoms with Crippen LogP contribution in [0.5, 0.6) is 17.2 Å². The maximum Gasteiger partial charge on any atom is 0.261 e. The van der Waals surface area contributed by atoms with Crippen LogP contribution in [0.15, 0.2) is 108 Å². The molecule has 0 fully saturated rings. The maximum absolute atomic E-state index is 14.2. The van der Waals surface area contributed by atoms with Crippen molar-refractivity contribution >= 4 is 76.0 Å². The van der Waals surface area contributed by atoms with Gasteiger partial charge in [0.25, 0.3) is 23.6 Å². The van der Waals surface area contributed by atoms with Gasteiger partial charge in [0.1, 0.15) is 24.7 Å². The van der Waals surface area contributed by atoms with Gasteiger partial charge in [0.05, 0.1) is 30.4 Å². The highest BCUT2D eigenvalue weighted by Gasteiger charge is 2.39. The average Bonchev–Trinajstić information content (AvgIpc) is 4.18. The molecule has 5 heterocycles. The van der Waals surface area contributed by atoms with E-state index in [1.165, 1.54) is 19.3 Å². The number of hydrogen-bond acceptors (Lipinski definition) is 12. The SMILES string of the molecule is COc1cc2c(cc1OCc1cc(COc3cc4c(cc3C)C(=O)N3c5ccccc5C[C@H]3C=N4)cc(NC(=O)[C@H](C)CC(=O)[C@H](C)NC(=O)CCCCC(=O)CCCN3C(=O)C=CC3=O)c1)CC[C@@H]1Cc3ccccc3N1C2=O. The number of para-hydroxylation sites is 2. The van der Waals surface area contributed by atoms with Crippen LogP contribution in [0.3, 0.4) is 0 Å². The molecule has 0 radical (unpaired) electrons. The normalized spacial score (nSPS) is 17.3. The molecule has 80 heavy (non-hydrogen) atoms. The molecule has 5 aliphatic heterocycles. The molecule has 0 spiro atoms. The van der Waals surface area contributed by atoms with Crippen LogP contribution in [0.1, 0.15) is 119 Å². The van der Waals surface area contributed by atoms with Crippen LogP contribution in [0.2, 0.25) is 0 Å². The van der Waals surface area contributed by atoms with E-state index in [2.05, 4.69) is 16.7 Å². The minimum Gasteiger partial charge on any atom is -0.493 e. The molecule has 10 rings (SSSR count). The zero-order chi connectivity index (χ0) is 56.2. The number of fused-ring (bicyclic) bond motifs is 8. The van der Waals surface area contributed by atoms with E-state index in [0.29, 0.717) is 83.0 Å². The highest BCUT2D eigenvalue weighted by molar-refractivity contribution is 6.15. The summed E-state index contributed by atoms with van der Waals surface area (Å²) in [5.41, 5.74) is 9.00. The molecular weight excluding hydrogens is 1020 g/mol. The molecule has 4 atom stereocenters. The van der Waals surface area contributed by atoms with Crippen molar-refractivity contribution in [3.05, 3.63) is 148 Å². The predicted octanol–water partition coefficient (Wildman–Crippen LogP) is 8.84. The summed E-state index contributed by atoms with van der Waals surface area (Å²) in [6, 6.07) is 27.6. The van der Waals surface area contributed by atoms with Gasteiger partial charge in [-0.2, -0.15) is 0 Å². The minimum atomic E-state index is -0.861. The summed E-state index contributed by atoms with van der Waals surface area (Å²) in [4.78, 5) is 114. The van der Waals surface area contributed by atoms with Crippen LogP contribution < -0.4 is 34.6 Å². The first-order chi connectivity index (χ1) is 38.6. The minimum absolute atomic E-state index is 0.0233. The second kappa shape index (κ2) is 23.7. The van der Waals surface area contributed by atoms with E-state index in [9.17, 15) is 38.4 Å². The molecule has 2 N–H and O–H groups in total. The molecular formula is C63H64N6O11. The topological polar surface area (TPSA) is 210 Å². The number of aryl methyl sites for hydroxylation is 2. The zero-order valence-electron chi connectivity index (χ0n) is 45.4.